The second kappa shape index (κ2) is 11.5. The lowest BCUT2D eigenvalue weighted by molar-refractivity contribution is 0.265. The average Bonchev–Trinajstić information content (AvgIpc) is 3.23. The van der Waals surface area contributed by atoms with Crippen molar-refractivity contribution in [3.05, 3.63) is 17.5 Å². The van der Waals surface area contributed by atoms with Crippen LogP contribution in [0.2, 0.25) is 0 Å². The number of likely N-dealkylation sites (tertiary alicyclic amines) is 1. The first-order valence-corrected chi connectivity index (χ1v) is 11.5. The van der Waals surface area contributed by atoms with Crippen molar-refractivity contribution in [1.82, 2.24) is 20.3 Å². The lowest BCUT2D eigenvalue weighted by Gasteiger charge is -2.22. The van der Waals surface area contributed by atoms with Crippen LogP contribution in [-0.4, -0.2) is 64.1 Å². The van der Waals surface area contributed by atoms with Gasteiger partial charge in [-0.05, 0) is 38.1 Å². The molecule has 0 spiro atoms. The number of nitrogens with zero attached hydrogens (tertiary/aromatic N) is 2. The van der Waals surface area contributed by atoms with Crippen LogP contribution in [0.3, 0.4) is 0 Å². The van der Waals surface area contributed by atoms with Gasteiger partial charge in [0.25, 0.3) is 0 Å². The van der Waals surface area contributed by atoms with Gasteiger partial charge in [0.15, 0.2) is 5.96 Å². The van der Waals surface area contributed by atoms with E-state index in [0.29, 0.717) is 28.8 Å². The van der Waals surface area contributed by atoms with E-state index in [0.717, 1.165) is 25.6 Å². The summed E-state index contributed by atoms with van der Waals surface area (Å²) in [5.41, 5.74) is 0. The van der Waals surface area contributed by atoms with Gasteiger partial charge in [-0.25, -0.2) is 13.1 Å². The molecule has 1 aromatic rings. The minimum Gasteiger partial charge on any atom is -0.357 e. The maximum atomic E-state index is 12.1. The van der Waals surface area contributed by atoms with Crippen molar-refractivity contribution in [2.24, 2.45) is 10.9 Å². The maximum absolute atomic E-state index is 12.1. The molecule has 1 saturated heterocycles. The molecule has 2 rings (SSSR count). The second-order valence-corrected chi connectivity index (χ2v) is 9.81. The third-order valence-electron chi connectivity index (χ3n) is 4.47. The van der Waals surface area contributed by atoms with E-state index in [2.05, 4.69) is 46.0 Å². The molecule has 1 aromatic heterocycles. The smallest absolute Gasteiger partial charge is 0.250 e. The third kappa shape index (κ3) is 7.48. The highest BCUT2D eigenvalue weighted by molar-refractivity contribution is 14.0. The highest BCUT2D eigenvalue weighted by Gasteiger charge is 2.31. The number of sulfonamides is 1. The molecule has 27 heavy (non-hydrogen) atoms. The Labute approximate surface area is 184 Å². The first-order valence-electron chi connectivity index (χ1n) is 9.15. The molecule has 0 bridgehead atoms. The Morgan fingerprint density at radius 3 is 2.70 bits per heavy atom. The molecule has 2 atom stereocenters. The first kappa shape index (κ1) is 24.6. The Balaban J connectivity index is 0.00000364. The number of aliphatic imine (C=N–C) groups is 1. The molecule has 1 aliphatic rings. The van der Waals surface area contributed by atoms with Crippen molar-refractivity contribution in [2.45, 2.75) is 44.0 Å². The third-order valence-corrected chi connectivity index (χ3v) is 7.33. The summed E-state index contributed by atoms with van der Waals surface area (Å²) < 4.78 is 27.1. The van der Waals surface area contributed by atoms with Crippen LogP contribution in [0.1, 0.15) is 27.7 Å². The zero-order valence-corrected chi connectivity index (χ0v) is 20.4. The largest absolute Gasteiger partial charge is 0.357 e. The van der Waals surface area contributed by atoms with Crippen LogP contribution in [0.15, 0.2) is 26.7 Å². The van der Waals surface area contributed by atoms with Crippen LogP contribution in [0.5, 0.6) is 0 Å². The fourth-order valence-corrected chi connectivity index (χ4v) is 5.00. The predicted molar refractivity (Wildman–Crippen MR) is 124 cm³/mol. The Morgan fingerprint density at radius 1 is 1.41 bits per heavy atom. The highest BCUT2D eigenvalue weighted by Crippen LogP contribution is 2.18. The fraction of sp³-hybridized carbons (Fsp3) is 0.706. The summed E-state index contributed by atoms with van der Waals surface area (Å²) in [5.74, 6) is 1.28. The van der Waals surface area contributed by atoms with E-state index in [1.165, 1.54) is 11.3 Å². The summed E-state index contributed by atoms with van der Waals surface area (Å²) in [6.45, 7) is 12.2. The monoisotopic (exact) mass is 529 g/mol. The van der Waals surface area contributed by atoms with Crippen molar-refractivity contribution in [2.75, 3.05) is 32.7 Å². The zero-order valence-electron chi connectivity index (χ0n) is 16.4. The topological polar surface area (TPSA) is 85.8 Å². The van der Waals surface area contributed by atoms with Gasteiger partial charge in [0, 0.05) is 38.3 Å². The van der Waals surface area contributed by atoms with E-state index in [1.54, 1.807) is 17.5 Å². The van der Waals surface area contributed by atoms with Crippen LogP contribution in [0.4, 0.5) is 0 Å². The van der Waals surface area contributed by atoms with Crippen molar-refractivity contribution in [1.29, 1.82) is 0 Å². The molecule has 7 nitrogen and oxygen atoms in total. The van der Waals surface area contributed by atoms with E-state index in [1.807, 2.05) is 6.92 Å². The molecular formula is C17H32IN5O2S2. The van der Waals surface area contributed by atoms with Gasteiger partial charge in [-0.2, -0.15) is 0 Å². The molecule has 1 fully saturated rings. The van der Waals surface area contributed by atoms with Gasteiger partial charge >= 0.3 is 0 Å². The van der Waals surface area contributed by atoms with Crippen LogP contribution in [0.25, 0.3) is 0 Å². The van der Waals surface area contributed by atoms with Crippen molar-refractivity contribution >= 4 is 51.3 Å². The van der Waals surface area contributed by atoms with Gasteiger partial charge in [-0.15, -0.1) is 35.3 Å². The molecule has 0 amide bonds. The Kier molecular flexibility index (Phi) is 10.5. The maximum Gasteiger partial charge on any atom is 0.250 e. The van der Waals surface area contributed by atoms with Gasteiger partial charge in [0.1, 0.15) is 4.21 Å². The van der Waals surface area contributed by atoms with E-state index in [-0.39, 0.29) is 30.5 Å². The number of halogens is 1. The van der Waals surface area contributed by atoms with Gasteiger partial charge < -0.3 is 10.6 Å². The SMILES string of the molecule is CCNC(=NCCNS(=O)(=O)c1cccs1)NC1CN(C(C)C)CC1C.I. The number of thiophene rings is 1. The summed E-state index contributed by atoms with van der Waals surface area (Å²) in [4.78, 5) is 6.98. The minimum atomic E-state index is -3.42. The molecule has 1 aliphatic heterocycles. The summed E-state index contributed by atoms with van der Waals surface area (Å²) in [7, 11) is -3.42. The minimum absolute atomic E-state index is 0. The summed E-state index contributed by atoms with van der Waals surface area (Å²) in [6, 6.07) is 4.21. The normalized spacial score (nSPS) is 21.3. The van der Waals surface area contributed by atoms with E-state index >= 15 is 0 Å². The van der Waals surface area contributed by atoms with Crippen molar-refractivity contribution < 1.29 is 8.42 Å². The lowest BCUT2D eigenvalue weighted by atomic mass is 10.1. The molecule has 156 valence electrons. The van der Waals surface area contributed by atoms with E-state index < -0.39 is 10.0 Å². The van der Waals surface area contributed by atoms with Crippen LogP contribution >= 0.6 is 35.3 Å². The quantitative estimate of drug-likeness (QED) is 0.208. The number of guanidine groups is 1. The summed E-state index contributed by atoms with van der Waals surface area (Å²) >= 11 is 1.21. The number of rotatable bonds is 8. The molecular weight excluding hydrogens is 497 g/mol. The fourth-order valence-electron chi connectivity index (χ4n) is 2.94. The molecule has 0 aromatic carbocycles. The molecule has 2 heterocycles. The van der Waals surface area contributed by atoms with E-state index in [9.17, 15) is 8.42 Å². The first-order chi connectivity index (χ1) is 12.3. The van der Waals surface area contributed by atoms with Gasteiger partial charge in [-0.3, -0.25) is 9.89 Å². The summed E-state index contributed by atoms with van der Waals surface area (Å²) in [5, 5.41) is 8.50. The van der Waals surface area contributed by atoms with Crippen molar-refractivity contribution in [3.63, 3.8) is 0 Å². The Morgan fingerprint density at radius 2 is 2.15 bits per heavy atom. The predicted octanol–water partition coefficient (Wildman–Crippen LogP) is 1.93. The second-order valence-electron chi connectivity index (χ2n) is 6.87. The molecule has 3 N–H and O–H groups in total. The van der Waals surface area contributed by atoms with Crippen molar-refractivity contribution in [3.8, 4) is 0 Å². The van der Waals surface area contributed by atoms with Crippen LogP contribution < -0.4 is 15.4 Å². The zero-order chi connectivity index (χ0) is 19.2. The number of nitrogens with one attached hydrogen (secondary N) is 3. The Bertz CT molecular complexity index is 680. The molecule has 0 radical (unpaired) electrons. The number of hydrogen-bond acceptors (Lipinski definition) is 5. The molecule has 0 aliphatic carbocycles. The lowest BCUT2D eigenvalue weighted by Crippen LogP contribution is -2.47. The van der Waals surface area contributed by atoms with Gasteiger partial charge in [0.05, 0.1) is 6.54 Å². The van der Waals surface area contributed by atoms with E-state index in [4.69, 9.17) is 0 Å². The van der Waals surface area contributed by atoms with Gasteiger partial charge in [0.2, 0.25) is 10.0 Å². The average molecular weight is 530 g/mol. The van der Waals surface area contributed by atoms with Gasteiger partial charge in [-0.1, -0.05) is 13.0 Å². The highest BCUT2D eigenvalue weighted by atomic mass is 127. The number of hydrogen-bond donors (Lipinski definition) is 3. The Hall–Kier alpha value is -0.430. The van der Waals surface area contributed by atoms with Crippen LogP contribution in [-0.2, 0) is 10.0 Å². The summed E-state index contributed by atoms with van der Waals surface area (Å²) in [6.07, 6.45) is 0. The van der Waals surface area contributed by atoms with Crippen LogP contribution in [0, 0.1) is 5.92 Å². The molecule has 2 unspecified atom stereocenters. The standard InChI is InChI=1S/C17H31N5O2S2.HI/c1-5-18-17(21-15-12-22(13(2)3)11-14(15)4)19-8-9-20-26(23,24)16-7-6-10-25-16;/h6-7,10,13-15,20H,5,8-9,11-12H2,1-4H3,(H2,18,19,21);1H. The molecule has 10 heteroatoms. The molecule has 0 saturated carbocycles.